The van der Waals surface area contributed by atoms with Crippen LogP contribution in [-0.2, 0) is 26.3 Å². The Balaban J connectivity index is 1.80. The van der Waals surface area contributed by atoms with E-state index in [0.717, 1.165) is 54.1 Å². The topological polar surface area (TPSA) is 85.8 Å². The van der Waals surface area contributed by atoms with Gasteiger partial charge in [0.05, 0.1) is 22.3 Å². The van der Waals surface area contributed by atoms with Gasteiger partial charge in [0.2, 0.25) is 0 Å². The molecule has 0 spiro atoms. The molecule has 0 fully saturated rings. The lowest BCUT2D eigenvalue weighted by Gasteiger charge is -2.10. The van der Waals surface area contributed by atoms with Crippen LogP contribution in [0.2, 0.25) is 0 Å². The predicted octanol–water partition coefficient (Wildman–Crippen LogP) is 3.38. The highest BCUT2D eigenvalue weighted by atomic mass is 16.5. The Kier molecular flexibility index (Phi) is 4.01. The molecule has 0 radical (unpaired) electrons. The van der Waals surface area contributed by atoms with E-state index in [1.807, 2.05) is 33.9 Å². The van der Waals surface area contributed by atoms with Crippen LogP contribution in [0.3, 0.4) is 0 Å². The van der Waals surface area contributed by atoms with Gasteiger partial charge < -0.3 is 9.84 Å². The van der Waals surface area contributed by atoms with Gasteiger partial charge in [-0.25, -0.2) is 4.98 Å². The van der Waals surface area contributed by atoms with Crippen LogP contribution in [-0.4, -0.2) is 25.8 Å². The molecule has 3 aromatic heterocycles. The van der Waals surface area contributed by atoms with Crippen molar-refractivity contribution in [3.05, 3.63) is 34.3 Å². The van der Waals surface area contributed by atoms with Gasteiger partial charge in [-0.05, 0) is 37.7 Å². The van der Waals surface area contributed by atoms with Gasteiger partial charge in [0.25, 0.3) is 11.6 Å². The smallest absolute Gasteiger partial charge is 0.259 e. The van der Waals surface area contributed by atoms with E-state index in [1.54, 1.807) is 4.68 Å². The number of pyridine rings is 1. The van der Waals surface area contributed by atoms with Crippen molar-refractivity contribution in [2.24, 2.45) is 7.05 Å². The molecule has 1 amide bonds. The highest BCUT2D eigenvalue weighted by Crippen LogP contribution is 2.31. The number of fused-ring (bicyclic) bond motifs is 2. The molecule has 7 heteroatoms. The van der Waals surface area contributed by atoms with Crippen molar-refractivity contribution in [2.45, 2.75) is 52.4 Å². The molecule has 0 saturated carbocycles. The van der Waals surface area contributed by atoms with Crippen molar-refractivity contribution in [1.29, 1.82) is 0 Å². The van der Waals surface area contributed by atoms with Gasteiger partial charge in [0.15, 0.2) is 0 Å². The SMILES string of the molecule is CCc1cc(C(=O)Nc2c3c(nn2C)CCC3)c2c(C(C)C)noc2n1. The standard InChI is InChI=1S/C19H23N5O2/c1-5-11-9-13(15-16(10(2)3)23-26-19(15)20-11)18(25)21-17-12-7-6-8-14(12)22-24(17)4/h9-10H,5-8H2,1-4H3,(H,21,25). The second-order valence-corrected chi connectivity index (χ2v) is 7.12. The molecule has 0 aromatic carbocycles. The Hall–Kier alpha value is -2.70. The van der Waals surface area contributed by atoms with Crippen molar-refractivity contribution < 1.29 is 9.32 Å². The zero-order valence-electron chi connectivity index (χ0n) is 15.6. The number of hydrogen-bond acceptors (Lipinski definition) is 5. The molecule has 136 valence electrons. The van der Waals surface area contributed by atoms with Crippen LogP contribution in [0.25, 0.3) is 11.1 Å². The van der Waals surface area contributed by atoms with E-state index in [-0.39, 0.29) is 11.8 Å². The summed E-state index contributed by atoms with van der Waals surface area (Å²) in [6.07, 6.45) is 3.73. The molecule has 7 nitrogen and oxygen atoms in total. The highest BCUT2D eigenvalue weighted by molar-refractivity contribution is 6.12. The van der Waals surface area contributed by atoms with Gasteiger partial charge in [0.1, 0.15) is 5.82 Å². The molecular weight excluding hydrogens is 330 g/mol. The lowest BCUT2D eigenvalue weighted by Crippen LogP contribution is -2.17. The minimum absolute atomic E-state index is 0.137. The second-order valence-electron chi connectivity index (χ2n) is 7.12. The van der Waals surface area contributed by atoms with Crippen molar-refractivity contribution in [3.8, 4) is 0 Å². The average Bonchev–Trinajstić information content (AvgIpc) is 3.30. The Labute approximate surface area is 151 Å². The number of hydrogen-bond donors (Lipinski definition) is 1. The molecular formula is C19H23N5O2. The van der Waals surface area contributed by atoms with Gasteiger partial charge in [-0.3, -0.25) is 9.48 Å². The summed E-state index contributed by atoms with van der Waals surface area (Å²) in [4.78, 5) is 17.7. The first-order chi connectivity index (χ1) is 12.5. The van der Waals surface area contributed by atoms with E-state index in [4.69, 9.17) is 4.52 Å². The number of amides is 1. The fourth-order valence-electron chi connectivity index (χ4n) is 3.63. The Morgan fingerprint density at radius 3 is 2.92 bits per heavy atom. The van der Waals surface area contributed by atoms with Gasteiger partial charge in [-0.1, -0.05) is 25.9 Å². The van der Waals surface area contributed by atoms with Crippen LogP contribution in [0.15, 0.2) is 10.6 Å². The molecule has 1 N–H and O–H groups in total. The van der Waals surface area contributed by atoms with E-state index in [2.05, 4.69) is 20.6 Å². The summed E-state index contributed by atoms with van der Waals surface area (Å²) in [6.45, 7) is 6.06. The van der Waals surface area contributed by atoms with Crippen molar-refractivity contribution >= 4 is 22.8 Å². The third-order valence-corrected chi connectivity index (χ3v) is 4.98. The first-order valence-electron chi connectivity index (χ1n) is 9.14. The minimum Gasteiger partial charge on any atom is -0.335 e. The van der Waals surface area contributed by atoms with E-state index in [1.165, 1.54) is 0 Å². The largest absolute Gasteiger partial charge is 0.335 e. The van der Waals surface area contributed by atoms with Crippen LogP contribution >= 0.6 is 0 Å². The molecule has 26 heavy (non-hydrogen) atoms. The molecule has 0 unspecified atom stereocenters. The van der Waals surface area contributed by atoms with E-state index < -0.39 is 0 Å². The summed E-state index contributed by atoms with van der Waals surface area (Å²) < 4.78 is 7.18. The fourth-order valence-corrected chi connectivity index (χ4v) is 3.63. The number of carbonyl (C=O) groups is 1. The maximum Gasteiger partial charge on any atom is 0.259 e. The van der Waals surface area contributed by atoms with Gasteiger partial charge in [-0.2, -0.15) is 5.10 Å². The molecule has 4 rings (SSSR count). The number of nitrogens with zero attached hydrogens (tertiary/aromatic N) is 4. The second kappa shape index (κ2) is 6.23. The zero-order chi connectivity index (χ0) is 18.4. The Morgan fingerprint density at radius 2 is 2.19 bits per heavy atom. The van der Waals surface area contributed by atoms with Crippen molar-refractivity contribution in [3.63, 3.8) is 0 Å². The van der Waals surface area contributed by atoms with E-state index in [9.17, 15) is 4.79 Å². The first kappa shape index (κ1) is 16.8. The summed E-state index contributed by atoms with van der Waals surface area (Å²) in [5.41, 5.74) is 4.79. The zero-order valence-corrected chi connectivity index (χ0v) is 15.6. The third kappa shape index (κ3) is 2.58. The maximum absolute atomic E-state index is 13.2. The molecule has 0 bridgehead atoms. The number of anilines is 1. The van der Waals surface area contributed by atoms with E-state index in [0.29, 0.717) is 16.7 Å². The van der Waals surface area contributed by atoms with Crippen LogP contribution in [0.5, 0.6) is 0 Å². The van der Waals surface area contributed by atoms with Crippen LogP contribution < -0.4 is 5.32 Å². The predicted molar refractivity (Wildman–Crippen MR) is 98.5 cm³/mol. The number of aryl methyl sites for hydroxylation is 3. The van der Waals surface area contributed by atoms with Gasteiger partial charge in [-0.15, -0.1) is 0 Å². The molecule has 1 aliphatic carbocycles. The third-order valence-electron chi connectivity index (χ3n) is 4.98. The monoisotopic (exact) mass is 353 g/mol. The van der Waals surface area contributed by atoms with Crippen LogP contribution in [0, 0.1) is 0 Å². The minimum atomic E-state index is -0.171. The normalized spacial score (nSPS) is 13.6. The Bertz CT molecular complexity index is 999. The first-order valence-corrected chi connectivity index (χ1v) is 9.14. The van der Waals surface area contributed by atoms with Gasteiger partial charge in [0, 0.05) is 18.3 Å². The summed E-state index contributed by atoms with van der Waals surface area (Å²) >= 11 is 0. The summed E-state index contributed by atoms with van der Waals surface area (Å²) in [5, 5.41) is 12.5. The quantitative estimate of drug-likeness (QED) is 0.777. The highest BCUT2D eigenvalue weighted by Gasteiger charge is 2.25. The number of nitrogens with one attached hydrogen (secondary N) is 1. The molecule has 3 aromatic rings. The summed E-state index contributed by atoms with van der Waals surface area (Å²) in [7, 11) is 1.87. The lowest BCUT2D eigenvalue weighted by atomic mass is 10.0. The Morgan fingerprint density at radius 1 is 1.38 bits per heavy atom. The van der Waals surface area contributed by atoms with E-state index >= 15 is 0 Å². The lowest BCUT2D eigenvalue weighted by molar-refractivity contribution is 0.102. The number of aromatic nitrogens is 4. The van der Waals surface area contributed by atoms with Crippen LogP contribution in [0.4, 0.5) is 5.82 Å². The molecule has 3 heterocycles. The number of rotatable bonds is 4. The number of carbonyl (C=O) groups excluding carboxylic acids is 1. The molecule has 0 saturated heterocycles. The molecule has 0 atom stereocenters. The maximum atomic E-state index is 13.2. The summed E-state index contributed by atoms with van der Waals surface area (Å²) in [6, 6.07) is 1.84. The van der Waals surface area contributed by atoms with Gasteiger partial charge >= 0.3 is 0 Å². The molecule has 1 aliphatic rings. The average molecular weight is 353 g/mol. The van der Waals surface area contributed by atoms with Crippen LogP contribution in [0.1, 0.15) is 66.1 Å². The summed E-state index contributed by atoms with van der Waals surface area (Å²) in [5.74, 6) is 0.751. The van der Waals surface area contributed by atoms with Crippen molar-refractivity contribution in [2.75, 3.05) is 5.32 Å². The van der Waals surface area contributed by atoms with Crippen molar-refractivity contribution in [1.82, 2.24) is 19.9 Å². The molecule has 0 aliphatic heterocycles. The fraction of sp³-hybridized carbons (Fsp3) is 0.474.